The highest BCUT2D eigenvalue weighted by molar-refractivity contribution is 7.77. The molecule has 2 aliphatic rings. The lowest BCUT2D eigenvalue weighted by Gasteiger charge is -2.51. The molecule has 1 aromatic heterocycles. The standard InChI is InChI=1S/C30H40N4S.C2H6/c1-8-27-14-13-25(18-31-27)30(22(6)33(7)35)34-21(5)29(32-20(4)28(34)15-19(2)3)26-16-23-11-9-10-12-24(23)17-26;1-2/h9-14,18-19,26,28-30,32,35H,4-6,8,15-17H2,1-3,7H3;1-2H3/t28-,29+,30+;/m1./s1. The summed E-state index contributed by atoms with van der Waals surface area (Å²) in [6, 6.07) is 13.2. The van der Waals surface area contributed by atoms with Crippen molar-refractivity contribution in [1.29, 1.82) is 0 Å². The van der Waals surface area contributed by atoms with Gasteiger partial charge >= 0.3 is 0 Å². The van der Waals surface area contributed by atoms with Crippen LogP contribution in [-0.2, 0) is 19.3 Å². The summed E-state index contributed by atoms with van der Waals surface area (Å²) < 4.78 is 1.82. The molecule has 3 atom stereocenters. The Labute approximate surface area is 231 Å². The number of aryl methyl sites for hydroxylation is 1. The number of fused-ring (bicyclic) bond motifs is 1. The highest BCUT2D eigenvalue weighted by atomic mass is 32.1. The lowest BCUT2D eigenvalue weighted by molar-refractivity contribution is 0.138. The van der Waals surface area contributed by atoms with Gasteiger partial charge in [0.1, 0.15) is 0 Å². The minimum absolute atomic E-state index is 0.100. The van der Waals surface area contributed by atoms with Gasteiger partial charge in [-0.1, -0.05) is 97.5 Å². The molecule has 0 saturated carbocycles. The lowest BCUT2D eigenvalue weighted by Crippen LogP contribution is -2.57. The Morgan fingerprint density at radius 3 is 2.24 bits per heavy atom. The Morgan fingerprint density at radius 1 is 1.14 bits per heavy atom. The summed E-state index contributed by atoms with van der Waals surface area (Å²) in [5.74, 6) is 0.937. The highest BCUT2D eigenvalue weighted by Gasteiger charge is 2.43. The zero-order chi connectivity index (χ0) is 27.3. The third-order valence-corrected chi connectivity index (χ3v) is 7.81. The van der Waals surface area contributed by atoms with Crippen molar-refractivity contribution < 1.29 is 0 Å². The fourth-order valence-electron chi connectivity index (χ4n) is 5.67. The van der Waals surface area contributed by atoms with Crippen molar-refractivity contribution in [3.63, 3.8) is 0 Å². The monoisotopic (exact) mass is 518 g/mol. The van der Waals surface area contributed by atoms with Gasteiger partial charge in [0.05, 0.1) is 18.1 Å². The molecule has 0 radical (unpaired) electrons. The summed E-state index contributed by atoms with van der Waals surface area (Å²) in [7, 11) is 1.94. The summed E-state index contributed by atoms with van der Waals surface area (Å²) >= 11 is 4.66. The predicted molar refractivity (Wildman–Crippen MR) is 161 cm³/mol. The first-order chi connectivity index (χ1) is 17.7. The van der Waals surface area contributed by atoms with Crippen molar-refractivity contribution in [1.82, 2.24) is 19.5 Å². The summed E-state index contributed by atoms with van der Waals surface area (Å²) in [5.41, 5.74) is 8.14. The average Bonchev–Trinajstić information content (AvgIpc) is 3.33. The van der Waals surface area contributed by atoms with Crippen molar-refractivity contribution in [2.45, 2.75) is 78.4 Å². The van der Waals surface area contributed by atoms with Crippen LogP contribution >= 0.6 is 12.8 Å². The average molecular weight is 519 g/mol. The molecule has 1 aliphatic heterocycles. The molecule has 0 amide bonds. The molecule has 4 nitrogen and oxygen atoms in total. The Hall–Kier alpha value is -2.66. The molecule has 5 heteroatoms. The van der Waals surface area contributed by atoms with Crippen molar-refractivity contribution in [2.24, 2.45) is 11.8 Å². The predicted octanol–water partition coefficient (Wildman–Crippen LogP) is 7.13. The SMILES string of the molecule is C=C1N[C@H](C2Cc3ccccc3C2)C(=C)N([C@@H](C(=C)N(C)S)c2ccc(CC)nc2)[C@@H]1CC(C)C.CC. The van der Waals surface area contributed by atoms with E-state index in [1.807, 2.05) is 31.4 Å². The Kier molecular flexibility index (Phi) is 9.94. The van der Waals surface area contributed by atoms with E-state index in [1.54, 1.807) is 0 Å². The number of likely N-dealkylation sites (N-methyl/N-ethyl adjacent to an activating group) is 1. The van der Waals surface area contributed by atoms with Crippen LogP contribution in [0.4, 0.5) is 0 Å². The minimum Gasteiger partial charge on any atom is -0.379 e. The lowest BCUT2D eigenvalue weighted by atomic mass is 9.85. The number of hydrogen-bond donors (Lipinski definition) is 2. The number of benzene rings is 1. The molecule has 1 saturated heterocycles. The first kappa shape index (κ1) is 28.9. The van der Waals surface area contributed by atoms with Crippen LogP contribution in [0.1, 0.15) is 69.5 Å². The fourth-order valence-corrected chi connectivity index (χ4v) is 5.78. The number of nitrogens with zero attached hydrogens (tertiary/aromatic N) is 3. The van der Waals surface area contributed by atoms with E-state index in [0.717, 1.165) is 54.0 Å². The number of thiol groups is 1. The van der Waals surface area contributed by atoms with E-state index in [4.69, 9.17) is 11.6 Å². The zero-order valence-corrected chi connectivity index (χ0v) is 24.6. The van der Waals surface area contributed by atoms with E-state index < -0.39 is 0 Å². The van der Waals surface area contributed by atoms with E-state index in [-0.39, 0.29) is 18.1 Å². The third kappa shape index (κ3) is 6.26. The van der Waals surface area contributed by atoms with E-state index >= 15 is 0 Å². The molecule has 37 heavy (non-hydrogen) atoms. The molecule has 0 unspecified atom stereocenters. The summed E-state index contributed by atoms with van der Waals surface area (Å²) in [6.07, 6.45) is 5.98. The highest BCUT2D eigenvalue weighted by Crippen LogP contribution is 2.43. The number of aromatic nitrogens is 1. The molecule has 1 fully saturated rings. The first-order valence-electron chi connectivity index (χ1n) is 13.8. The van der Waals surface area contributed by atoms with Gasteiger partial charge in [-0.05, 0) is 60.3 Å². The van der Waals surface area contributed by atoms with E-state index in [1.165, 1.54) is 11.1 Å². The van der Waals surface area contributed by atoms with Crippen LogP contribution in [0.3, 0.4) is 0 Å². The van der Waals surface area contributed by atoms with Gasteiger partial charge in [-0.25, -0.2) is 0 Å². The Bertz CT molecular complexity index is 1060. The summed E-state index contributed by atoms with van der Waals surface area (Å²) in [6.45, 7) is 24.4. The van der Waals surface area contributed by atoms with Crippen molar-refractivity contribution >= 4 is 12.8 Å². The second-order valence-corrected chi connectivity index (χ2v) is 11.1. The summed E-state index contributed by atoms with van der Waals surface area (Å²) in [4.78, 5) is 7.19. The number of rotatable bonds is 8. The van der Waals surface area contributed by atoms with Crippen LogP contribution in [0.5, 0.6) is 0 Å². The van der Waals surface area contributed by atoms with Gasteiger partial charge in [-0.15, -0.1) is 0 Å². The zero-order valence-electron chi connectivity index (χ0n) is 23.7. The van der Waals surface area contributed by atoms with Crippen molar-refractivity contribution in [2.75, 3.05) is 7.05 Å². The number of hydrogen-bond acceptors (Lipinski definition) is 5. The normalized spacial score (nSPS) is 20.2. The molecule has 200 valence electrons. The number of piperazine rings is 1. The topological polar surface area (TPSA) is 31.4 Å². The molecule has 0 spiro atoms. The quantitative estimate of drug-likeness (QED) is 0.364. The van der Waals surface area contributed by atoms with Gasteiger partial charge in [0.15, 0.2) is 0 Å². The van der Waals surface area contributed by atoms with Gasteiger partial charge in [0, 0.05) is 36.0 Å². The summed E-state index contributed by atoms with van der Waals surface area (Å²) in [5, 5.41) is 3.81. The molecular weight excluding hydrogens is 472 g/mol. The van der Waals surface area contributed by atoms with Crippen molar-refractivity contribution in [3.05, 3.63) is 102 Å². The van der Waals surface area contributed by atoms with Gasteiger partial charge in [-0.2, -0.15) is 0 Å². The molecule has 1 aromatic carbocycles. The molecule has 2 aromatic rings. The molecule has 1 N–H and O–H groups in total. The first-order valence-corrected chi connectivity index (χ1v) is 14.2. The van der Waals surface area contributed by atoms with Gasteiger partial charge in [0.2, 0.25) is 0 Å². The number of nitrogens with one attached hydrogen (secondary N) is 1. The molecule has 0 bridgehead atoms. The van der Waals surface area contributed by atoms with Gasteiger partial charge in [-0.3, -0.25) is 4.98 Å². The largest absolute Gasteiger partial charge is 0.379 e. The smallest absolute Gasteiger partial charge is 0.0964 e. The van der Waals surface area contributed by atoms with Crippen LogP contribution < -0.4 is 5.32 Å². The van der Waals surface area contributed by atoms with Crippen LogP contribution in [-0.4, -0.2) is 33.3 Å². The Balaban J connectivity index is 0.00000186. The maximum atomic E-state index is 4.73. The van der Waals surface area contributed by atoms with Crippen LogP contribution in [0, 0.1) is 11.8 Å². The van der Waals surface area contributed by atoms with Crippen LogP contribution in [0.15, 0.2) is 79.4 Å². The molecule has 4 rings (SSSR count). The van der Waals surface area contributed by atoms with Gasteiger partial charge < -0.3 is 14.5 Å². The maximum absolute atomic E-state index is 4.73. The molecule has 2 heterocycles. The minimum atomic E-state index is -0.128. The third-order valence-electron chi connectivity index (χ3n) is 7.55. The molecule has 1 aliphatic carbocycles. The second kappa shape index (κ2) is 12.7. The van der Waals surface area contributed by atoms with E-state index in [9.17, 15) is 0 Å². The maximum Gasteiger partial charge on any atom is 0.0964 e. The second-order valence-electron chi connectivity index (χ2n) is 10.5. The van der Waals surface area contributed by atoms with Crippen LogP contribution in [0.2, 0.25) is 0 Å². The fraction of sp³-hybridized carbons (Fsp3) is 0.469. The Morgan fingerprint density at radius 2 is 1.76 bits per heavy atom. The van der Waals surface area contributed by atoms with Gasteiger partial charge in [0.25, 0.3) is 0 Å². The molecular formula is C32H46N4S. The number of pyridine rings is 1. The van der Waals surface area contributed by atoms with Crippen LogP contribution in [0.25, 0.3) is 0 Å². The van der Waals surface area contributed by atoms with E-state index in [2.05, 4.69) is 93.4 Å². The van der Waals surface area contributed by atoms with E-state index in [0.29, 0.717) is 11.8 Å². The van der Waals surface area contributed by atoms with Crippen molar-refractivity contribution in [3.8, 4) is 0 Å².